The summed E-state index contributed by atoms with van der Waals surface area (Å²) in [7, 11) is 0. The van der Waals surface area contributed by atoms with Gasteiger partial charge in [-0.25, -0.2) is 9.97 Å². The predicted octanol–water partition coefficient (Wildman–Crippen LogP) is 3.62. The first-order valence-electron chi connectivity index (χ1n) is 6.97. The van der Waals surface area contributed by atoms with Gasteiger partial charge in [-0.15, -0.1) is 11.8 Å². The highest BCUT2D eigenvalue weighted by molar-refractivity contribution is 7.99. The Morgan fingerprint density at radius 1 is 1.15 bits per heavy atom. The number of aromatic nitrogens is 2. The number of rotatable bonds is 7. The highest BCUT2D eigenvalue weighted by atomic mass is 32.2. The third-order valence-corrected chi connectivity index (χ3v) is 4.17. The smallest absolute Gasteiger partial charge is 0.115 e. The third kappa shape index (κ3) is 4.62. The lowest BCUT2D eigenvalue weighted by Gasteiger charge is -2.18. The maximum atomic E-state index is 4.12. The van der Waals surface area contributed by atoms with Crippen molar-refractivity contribution in [2.24, 2.45) is 0 Å². The molecule has 3 nitrogen and oxygen atoms in total. The van der Waals surface area contributed by atoms with Gasteiger partial charge in [0.2, 0.25) is 0 Å². The van der Waals surface area contributed by atoms with Crippen LogP contribution in [0.15, 0.2) is 47.9 Å². The van der Waals surface area contributed by atoms with Crippen LogP contribution in [0.3, 0.4) is 0 Å². The first kappa shape index (κ1) is 15.0. The summed E-state index contributed by atoms with van der Waals surface area (Å²) < 4.78 is 0. The first-order chi connectivity index (χ1) is 9.79. The van der Waals surface area contributed by atoms with Crippen LogP contribution in [0.25, 0.3) is 0 Å². The van der Waals surface area contributed by atoms with E-state index in [0.717, 1.165) is 24.3 Å². The Labute approximate surface area is 125 Å². The third-order valence-electron chi connectivity index (χ3n) is 3.06. The van der Waals surface area contributed by atoms with Crippen LogP contribution in [0, 0.1) is 6.92 Å². The van der Waals surface area contributed by atoms with E-state index in [9.17, 15) is 0 Å². The van der Waals surface area contributed by atoms with Crippen molar-refractivity contribution in [2.45, 2.75) is 31.2 Å². The van der Waals surface area contributed by atoms with Gasteiger partial charge in [0.25, 0.3) is 0 Å². The number of aryl methyl sites for hydroxylation is 1. The predicted molar refractivity (Wildman–Crippen MR) is 85.0 cm³/mol. The zero-order chi connectivity index (χ0) is 14.2. The van der Waals surface area contributed by atoms with Crippen molar-refractivity contribution in [3.8, 4) is 0 Å². The summed E-state index contributed by atoms with van der Waals surface area (Å²) in [6, 6.07) is 8.96. The zero-order valence-corrected chi connectivity index (χ0v) is 12.9. The Bertz CT molecular complexity index is 499. The number of benzene rings is 1. The lowest BCUT2D eigenvalue weighted by Crippen LogP contribution is -2.24. The Kier molecular flexibility index (Phi) is 6.02. The van der Waals surface area contributed by atoms with Crippen molar-refractivity contribution in [3.63, 3.8) is 0 Å². The van der Waals surface area contributed by atoms with Crippen LogP contribution in [0.2, 0.25) is 0 Å². The summed E-state index contributed by atoms with van der Waals surface area (Å²) in [6.45, 7) is 5.30. The van der Waals surface area contributed by atoms with Gasteiger partial charge in [0.05, 0.1) is 0 Å². The molecule has 0 spiro atoms. The van der Waals surface area contributed by atoms with Crippen molar-refractivity contribution in [3.05, 3.63) is 54.1 Å². The lowest BCUT2D eigenvalue weighted by molar-refractivity contribution is 0.574. The normalized spacial score (nSPS) is 12.3. The molecule has 1 atom stereocenters. The molecule has 0 amide bonds. The second-order valence-electron chi connectivity index (χ2n) is 4.80. The topological polar surface area (TPSA) is 37.8 Å². The van der Waals surface area contributed by atoms with Crippen LogP contribution in [0.4, 0.5) is 0 Å². The average Bonchev–Trinajstić information content (AvgIpc) is 2.50. The fourth-order valence-electron chi connectivity index (χ4n) is 1.90. The van der Waals surface area contributed by atoms with E-state index in [0.29, 0.717) is 6.04 Å². The molecule has 2 rings (SSSR count). The van der Waals surface area contributed by atoms with Gasteiger partial charge in [-0.2, -0.15) is 0 Å². The summed E-state index contributed by atoms with van der Waals surface area (Å²) in [6.07, 6.45) is 6.50. The summed E-state index contributed by atoms with van der Waals surface area (Å²) in [5.41, 5.74) is 2.45. The molecule has 20 heavy (non-hydrogen) atoms. The Hall–Kier alpha value is -1.39. The number of hydrogen-bond acceptors (Lipinski definition) is 4. The fraction of sp³-hybridized carbons (Fsp3) is 0.375. The van der Waals surface area contributed by atoms with E-state index in [-0.39, 0.29) is 0 Å². The molecule has 0 aliphatic carbocycles. The second-order valence-corrected chi connectivity index (χ2v) is 5.90. The van der Waals surface area contributed by atoms with Gasteiger partial charge in [-0.1, -0.05) is 24.6 Å². The summed E-state index contributed by atoms with van der Waals surface area (Å²) in [4.78, 5) is 9.54. The van der Waals surface area contributed by atoms with Gasteiger partial charge in [0, 0.05) is 34.6 Å². The molecule has 0 saturated carbocycles. The molecule has 0 radical (unpaired) electrons. The minimum Gasteiger partial charge on any atom is -0.309 e. The van der Waals surface area contributed by atoms with Gasteiger partial charge in [0.1, 0.15) is 6.33 Å². The van der Waals surface area contributed by atoms with E-state index in [1.54, 1.807) is 6.33 Å². The Morgan fingerprint density at radius 3 is 2.50 bits per heavy atom. The maximum Gasteiger partial charge on any atom is 0.115 e. The number of thioether (sulfide) groups is 1. The van der Waals surface area contributed by atoms with Crippen molar-refractivity contribution >= 4 is 11.8 Å². The molecule has 1 unspecified atom stereocenters. The largest absolute Gasteiger partial charge is 0.309 e. The standard InChI is InChI=1S/C16H21N3S/c1-3-8-19-16(14-9-17-12-18-10-14)11-20-15-6-4-13(2)5-7-15/h4-7,9-10,12,16,19H,3,8,11H2,1-2H3. The Morgan fingerprint density at radius 2 is 1.85 bits per heavy atom. The molecule has 1 heterocycles. The molecule has 0 aliphatic heterocycles. The van der Waals surface area contributed by atoms with Crippen LogP contribution < -0.4 is 5.32 Å². The van der Waals surface area contributed by atoms with Gasteiger partial charge in [-0.3, -0.25) is 0 Å². The molecule has 106 valence electrons. The Balaban J connectivity index is 1.99. The summed E-state index contributed by atoms with van der Waals surface area (Å²) in [5.74, 6) is 0.983. The monoisotopic (exact) mass is 287 g/mol. The van der Waals surface area contributed by atoms with E-state index >= 15 is 0 Å². The van der Waals surface area contributed by atoms with Gasteiger partial charge < -0.3 is 5.32 Å². The first-order valence-corrected chi connectivity index (χ1v) is 7.96. The quantitative estimate of drug-likeness (QED) is 0.789. The maximum absolute atomic E-state index is 4.12. The van der Waals surface area contributed by atoms with E-state index in [1.165, 1.54) is 10.5 Å². The van der Waals surface area contributed by atoms with Gasteiger partial charge in [0.15, 0.2) is 0 Å². The second kappa shape index (κ2) is 8.02. The van der Waals surface area contributed by atoms with Gasteiger partial charge in [-0.05, 0) is 32.0 Å². The van der Waals surface area contributed by atoms with E-state index in [4.69, 9.17) is 0 Å². The van der Waals surface area contributed by atoms with E-state index in [1.807, 2.05) is 24.2 Å². The summed E-state index contributed by atoms with van der Waals surface area (Å²) in [5, 5.41) is 3.57. The van der Waals surface area contributed by atoms with Crippen LogP contribution in [0.1, 0.15) is 30.5 Å². The molecule has 0 bridgehead atoms. The van der Waals surface area contributed by atoms with Crippen LogP contribution >= 0.6 is 11.8 Å². The molecular weight excluding hydrogens is 266 g/mol. The molecule has 1 aromatic carbocycles. The molecule has 2 aromatic rings. The van der Waals surface area contributed by atoms with Crippen molar-refractivity contribution in [1.82, 2.24) is 15.3 Å². The zero-order valence-electron chi connectivity index (χ0n) is 12.0. The van der Waals surface area contributed by atoms with Crippen molar-refractivity contribution in [2.75, 3.05) is 12.3 Å². The van der Waals surface area contributed by atoms with E-state index in [2.05, 4.69) is 53.4 Å². The molecule has 0 saturated heterocycles. The van der Waals surface area contributed by atoms with Gasteiger partial charge >= 0.3 is 0 Å². The fourth-order valence-corrected chi connectivity index (χ4v) is 2.89. The minimum atomic E-state index is 0.294. The number of nitrogens with one attached hydrogen (secondary N) is 1. The van der Waals surface area contributed by atoms with E-state index < -0.39 is 0 Å². The van der Waals surface area contributed by atoms with Crippen molar-refractivity contribution < 1.29 is 0 Å². The number of nitrogens with zero attached hydrogens (tertiary/aromatic N) is 2. The highest BCUT2D eigenvalue weighted by Gasteiger charge is 2.11. The molecule has 4 heteroatoms. The summed E-state index contributed by atoms with van der Waals surface area (Å²) >= 11 is 1.86. The van der Waals surface area contributed by atoms with Crippen molar-refractivity contribution in [1.29, 1.82) is 0 Å². The minimum absolute atomic E-state index is 0.294. The molecule has 1 N–H and O–H groups in total. The number of hydrogen-bond donors (Lipinski definition) is 1. The van der Waals surface area contributed by atoms with Crippen LogP contribution in [-0.4, -0.2) is 22.3 Å². The molecule has 0 aliphatic rings. The lowest BCUT2D eigenvalue weighted by atomic mass is 10.2. The molecular formula is C16H21N3S. The molecule has 0 fully saturated rings. The SMILES string of the molecule is CCCNC(CSc1ccc(C)cc1)c1cncnc1. The van der Waals surface area contributed by atoms with Crippen LogP contribution in [0.5, 0.6) is 0 Å². The molecule has 1 aromatic heterocycles. The van der Waals surface area contributed by atoms with Crippen LogP contribution in [-0.2, 0) is 0 Å². The average molecular weight is 287 g/mol. The highest BCUT2D eigenvalue weighted by Crippen LogP contribution is 2.24.